The van der Waals surface area contributed by atoms with E-state index in [2.05, 4.69) is 69.3 Å². The third-order valence-electron chi connectivity index (χ3n) is 4.60. The molecule has 2 aromatic carbocycles. The lowest BCUT2D eigenvalue weighted by Crippen LogP contribution is -1.89. The van der Waals surface area contributed by atoms with Gasteiger partial charge >= 0.3 is 0 Å². The Balaban J connectivity index is 0.000000141. The molecule has 0 aliphatic rings. The van der Waals surface area contributed by atoms with Gasteiger partial charge in [-0.25, -0.2) is 9.97 Å². The smallest absolute Gasteiger partial charge is 0.106 e. The van der Waals surface area contributed by atoms with Crippen LogP contribution in [0.25, 0.3) is 22.1 Å². The van der Waals surface area contributed by atoms with E-state index in [1.807, 2.05) is 27.9 Å². The van der Waals surface area contributed by atoms with Crippen LogP contribution in [-0.4, -0.2) is 19.1 Å². The van der Waals surface area contributed by atoms with Crippen molar-refractivity contribution >= 4 is 22.1 Å². The summed E-state index contributed by atoms with van der Waals surface area (Å²) in [7, 11) is 4.09. The highest BCUT2D eigenvalue weighted by Crippen LogP contribution is 2.17. The fourth-order valence-electron chi connectivity index (χ4n) is 2.90. The highest BCUT2D eigenvalue weighted by Gasteiger charge is 2.04. The molecule has 4 rings (SSSR count). The Hall–Kier alpha value is -2.62. The normalized spacial score (nSPS) is 10.9. The molecule has 0 N–H and O–H groups in total. The average Bonchev–Trinajstić information content (AvgIpc) is 2.99. The third kappa shape index (κ3) is 2.80. The second-order valence-corrected chi connectivity index (χ2v) is 6.37. The van der Waals surface area contributed by atoms with Crippen LogP contribution >= 0.6 is 0 Å². The Kier molecular flexibility index (Phi) is 4.14. The Morgan fingerprint density at radius 3 is 2.12 bits per heavy atom. The first-order valence-corrected chi connectivity index (χ1v) is 8.17. The largest absolute Gasteiger partial charge is 0.331 e. The number of hydrogen-bond donors (Lipinski definition) is 0. The summed E-state index contributed by atoms with van der Waals surface area (Å²) in [6, 6.07) is 12.6. The monoisotopic (exact) mass is 320 g/mol. The van der Waals surface area contributed by atoms with E-state index in [0.717, 1.165) is 22.7 Å². The number of imidazole rings is 2. The van der Waals surface area contributed by atoms with Crippen LogP contribution in [-0.2, 0) is 14.1 Å². The van der Waals surface area contributed by atoms with E-state index in [9.17, 15) is 0 Å². The van der Waals surface area contributed by atoms with Gasteiger partial charge in [-0.2, -0.15) is 0 Å². The summed E-state index contributed by atoms with van der Waals surface area (Å²) in [6.07, 6.45) is 0. The van der Waals surface area contributed by atoms with Crippen molar-refractivity contribution in [3.05, 3.63) is 59.2 Å². The zero-order chi connectivity index (χ0) is 17.4. The topological polar surface area (TPSA) is 35.6 Å². The molecule has 0 radical (unpaired) electrons. The van der Waals surface area contributed by atoms with Crippen molar-refractivity contribution in [3.8, 4) is 0 Å². The maximum absolute atomic E-state index is 4.48. The van der Waals surface area contributed by atoms with Crippen molar-refractivity contribution in [2.75, 3.05) is 0 Å². The summed E-state index contributed by atoms with van der Waals surface area (Å²) >= 11 is 0. The first kappa shape index (κ1) is 16.2. The molecular weight excluding hydrogens is 296 g/mol. The van der Waals surface area contributed by atoms with Gasteiger partial charge in [-0.1, -0.05) is 18.2 Å². The van der Waals surface area contributed by atoms with Crippen LogP contribution in [0.1, 0.15) is 22.8 Å². The van der Waals surface area contributed by atoms with Gasteiger partial charge in [0, 0.05) is 14.1 Å². The molecule has 0 bridgehead atoms. The van der Waals surface area contributed by atoms with E-state index in [4.69, 9.17) is 0 Å². The first-order valence-electron chi connectivity index (χ1n) is 8.17. The van der Waals surface area contributed by atoms with Crippen molar-refractivity contribution in [2.45, 2.75) is 27.7 Å². The molecule has 0 unspecified atom stereocenters. The number of fused-ring (bicyclic) bond motifs is 2. The lowest BCUT2D eigenvalue weighted by Gasteiger charge is -1.96. The average molecular weight is 320 g/mol. The number of nitrogens with zero attached hydrogens (tertiary/aromatic N) is 4. The fourth-order valence-corrected chi connectivity index (χ4v) is 2.90. The Morgan fingerprint density at radius 2 is 1.42 bits per heavy atom. The number of hydrogen-bond acceptors (Lipinski definition) is 2. The van der Waals surface area contributed by atoms with Gasteiger partial charge in [-0.05, 0) is 57.0 Å². The minimum atomic E-state index is 1.07. The van der Waals surface area contributed by atoms with E-state index >= 15 is 0 Å². The molecular formula is C20H24N4. The van der Waals surface area contributed by atoms with Crippen molar-refractivity contribution in [1.29, 1.82) is 0 Å². The maximum atomic E-state index is 4.48. The molecule has 0 aliphatic heterocycles. The Morgan fingerprint density at radius 1 is 0.750 bits per heavy atom. The van der Waals surface area contributed by atoms with Gasteiger partial charge in [0.2, 0.25) is 0 Å². The van der Waals surface area contributed by atoms with Crippen LogP contribution in [0.2, 0.25) is 0 Å². The molecule has 0 aliphatic carbocycles. The second kappa shape index (κ2) is 6.11. The molecule has 0 fully saturated rings. The molecule has 2 heterocycles. The molecule has 4 aromatic rings. The Labute approximate surface area is 142 Å². The highest BCUT2D eigenvalue weighted by atomic mass is 15.1. The third-order valence-corrected chi connectivity index (χ3v) is 4.60. The van der Waals surface area contributed by atoms with E-state index in [1.165, 1.54) is 22.2 Å². The number of rotatable bonds is 0. The van der Waals surface area contributed by atoms with Gasteiger partial charge < -0.3 is 9.13 Å². The van der Waals surface area contributed by atoms with Crippen molar-refractivity contribution in [3.63, 3.8) is 0 Å². The van der Waals surface area contributed by atoms with E-state index in [1.54, 1.807) is 0 Å². The minimum Gasteiger partial charge on any atom is -0.331 e. The SMILES string of the molecule is Cc1ccc2c(c1)nc(C)n2C.Cc1cccc2c1nc(C)n2C. The van der Waals surface area contributed by atoms with Gasteiger partial charge in [0.15, 0.2) is 0 Å². The predicted molar refractivity (Wildman–Crippen MR) is 100 cm³/mol. The number of para-hydroxylation sites is 1. The standard InChI is InChI=1S/2C10H12N2/c1-7-4-5-10-9(6-7)11-8(2)12(10)3;1-7-5-4-6-9-10(7)11-8(2)12(9)3/h2*4-6H,1-3H3. The van der Waals surface area contributed by atoms with E-state index < -0.39 is 0 Å². The molecule has 0 amide bonds. The molecule has 0 atom stereocenters. The predicted octanol–water partition coefficient (Wildman–Crippen LogP) is 4.38. The first-order chi connectivity index (χ1) is 11.4. The summed E-state index contributed by atoms with van der Waals surface area (Å²) in [5.74, 6) is 2.13. The van der Waals surface area contributed by atoms with Crippen LogP contribution in [0.3, 0.4) is 0 Å². The Bertz CT molecular complexity index is 1020. The molecule has 0 spiro atoms. The number of aromatic nitrogens is 4. The summed E-state index contributed by atoms with van der Waals surface area (Å²) < 4.78 is 4.22. The summed E-state index contributed by atoms with van der Waals surface area (Å²) in [5, 5.41) is 0. The molecule has 0 saturated carbocycles. The molecule has 4 nitrogen and oxygen atoms in total. The van der Waals surface area contributed by atoms with Crippen LogP contribution < -0.4 is 0 Å². The minimum absolute atomic E-state index is 1.07. The van der Waals surface area contributed by atoms with Crippen LogP contribution in [0.15, 0.2) is 36.4 Å². The molecule has 2 aromatic heterocycles. The molecule has 124 valence electrons. The molecule has 4 heteroatoms. The van der Waals surface area contributed by atoms with Crippen molar-refractivity contribution < 1.29 is 0 Å². The zero-order valence-electron chi connectivity index (χ0n) is 15.3. The van der Waals surface area contributed by atoms with Crippen LogP contribution in [0, 0.1) is 27.7 Å². The highest BCUT2D eigenvalue weighted by molar-refractivity contribution is 5.79. The summed E-state index contributed by atoms with van der Waals surface area (Å²) in [4.78, 5) is 8.91. The lowest BCUT2D eigenvalue weighted by atomic mass is 10.2. The van der Waals surface area contributed by atoms with Gasteiger partial charge in [-0.3, -0.25) is 0 Å². The van der Waals surface area contributed by atoms with Gasteiger partial charge in [0.05, 0.1) is 22.1 Å². The van der Waals surface area contributed by atoms with E-state index in [0.29, 0.717) is 0 Å². The number of aryl methyl sites for hydroxylation is 6. The summed E-state index contributed by atoms with van der Waals surface area (Å²) in [5.41, 5.74) is 7.15. The molecule has 24 heavy (non-hydrogen) atoms. The van der Waals surface area contributed by atoms with Crippen LogP contribution in [0.4, 0.5) is 0 Å². The van der Waals surface area contributed by atoms with Gasteiger partial charge in [0.25, 0.3) is 0 Å². The lowest BCUT2D eigenvalue weighted by molar-refractivity contribution is 0.886. The fraction of sp³-hybridized carbons (Fsp3) is 0.300. The molecule has 0 saturated heterocycles. The zero-order valence-corrected chi connectivity index (χ0v) is 15.3. The maximum Gasteiger partial charge on any atom is 0.106 e. The summed E-state index contributed by atoms with van der Waals surface area (Å²) in [6.45, 7) is 8.23. The van der Waals surface area contributed by atoms with Gasteiger partial charge in [0.1, 0.15) is 11.6 Å². The van der Waals surface area contributed by atoms with Crippen molar-refractivity contribution in [1.82, 2.24) is 19.1 Å². The number of benzene rings is 2. The second-order valence-electron chi connectivity index (χ2n) is 6.37. The van der Waals surface area contributed by atoms with Gasteiger partial charge in [-0.15, -0.1) is 0 Å². The quantitative estimate of drug-likeness (QED) is 0.482. The van der Waals surface area contributed by atoms with Crippen molar-refractivity contribution in [2.24, 2.45) is 14.1 Å². The van der Waals surface area contributed by atoms with E-state index in [-0.39, 0.29) is 0 Å². The van der Waals surface area contributed by atoms with Crippen LogP contribution in [0.5, 0.6) is 0 Å².